The summed E-state index contributed by atoms with van der Waals surface area (Å²) in [6, 6.07) is -1.69. The molecule has 0 aliphatic heterocycles. The number of aliphatic hydroxyl groups is 1. The molecule has 3 atom stereocenters. The summed E-state index contributed by atoms with van der Waals surface area (Å²) in [7, 11) is 0. The van der Waals surface area contributed by atoms with Crippen molar-refractivity contribution in [3.63, 3.8) is 0 Å². The smallest absolute Gasteiger partial charge is 0.326 e. The van der Waals surface area contributed by atoms with E-state index in [1.165, 1.54) is 6.92 Å². The van der Waals surface area contributed by atoms with Crippen LogP contribution in [0.5, 0.6) is 0 Å². The first-order valence-corrected chi connectivity index (χ1v) is 15.5. The number of hydrogen-bond acceptors (Lipinski definition) is 12. The second-order valence-corrected chi connectivity index (χ2v) is 10.5. The minimum atomic E-state index is -1.28. The first kappa shape index (κ1) is 42.8. The van der Waals surface area contributed by atoms with E-state index >= 15 is 0 Å². The van der Waals surface area contributed by atoms with Crippen molar-refractivity contribution in [1.82, 2.24) is 21.3 Å². The second-order valence-electron chi connectivity index (χ2n) is 10.5. The average molecular weight is 664 g/mol. The van der Waals surface area contributed by atoms with Gasteiger partial charge in [-0.3, -0.25) is 19.2 Å². The van der Waals surface area contributed by atoms with Gasteiger partial charge >= 0.3 is 5.97 Å². The molecule has 0 fully saturated rings. The predicted octanol–water partition coefficient (Wildman–Crippen LogP) is -2.00. The highest BCUT2D eigenvalue weighted by Crippen LogP contribution is 2.02. The van der Waals surface area contributed by atoms with Crippen molar-refractivity contribution >= 4 is 35.4 Å². The number of nitrogens with one attached hydrogen (secondary N) is 4. The fourth-order valence-corrected chi connectivity index (χ4v) is 3.67. The van der Waals surface area contributed by atoms with E-state index in [1.54, 1.807) is 6.92 Å². The number of ether oxygens (including phenoxy) is 4. The fourth-order valence-electron chi connectivity index (χ4n) is 3.67. The lowest BCUT2D eigenvalue weighted by Gasteiger charge is -2.16. The summed E-state index contributed by atoms with van der Waals surface area (Å²) in [6.07, 6.45) is 1.85. The van der Waals surface area contributed by atoms with Gasteiger partial charge in [0.1, 0.15) is 25.0 Å². The molecule has 0 saturated heterocycles. The van der Waals surface area contributed by atoms with Crippen LogP contribution in [0.15, 0.2) is 0 Å². The quantitative estimate of drug-likeness (QED) is 0.0411. The number of nitrogens with two attached hydrogens (primary N) is 1. The molecule has 0 radical (unpaired) electrons. The minimum absolute atomic E-state index is 0.00386. The van der Waals surface area contributed by atoms with Gasteiger partial charge in [0.15, 0.2) is 0 Å². The molecule has 0 aromatic heterocycles. The number of carboxylic acids is 1. The number of ketones is 1. The zero-order valence-corrected chi connectivity index (χ0v) is 27.0. The molecule has 0 heterocycles. The number of carboxylic acid groups (broad SMARTS) is 1. The summed E-state index contributed by atoms with van der Waals surface area (Å²) in [5.74, 6) is -2.76. The van der Waals surface area contributed by atoms with Crippen molar-refractivity contribution < 1.29 is 57.9 Å². The van der Waals surface area contributed by atoms with Crippen molar-refractivity contribution in [2.75, 3.05) is 72.6 Å². The van der Waals surface area contributed by atoms with Crippen molar-refractivity contribution in [2.24, 2.45) is 5.73 Å². The fraction of sp³-hybridized carbons (Fsp3) is 0.793. The van der Waals surface area contributed by atoms with E-state index in [2.05, 4.69) is 21.3 Å². The third kappa shape index (κ3) is 27.1. The molecule has 4 amide bonds. The minimum Gasteiger partial charge on any atom is -0.480 e. The SMILES string of the molecule is CC(=O)CC[C@@H](C)NC(=O)CC[C@H](NC(=O)COCCOCCNC(=O)COCCOCCNC(=O)CC[C@H](N)CCO)C(=O)O. The van der Waals surface area contributed by atoms with Crippen LogP contribution in [0.1, 0.15) is 58.8 Å². The van der Waals surface area contributed by atoms with Gasteiger partial charge in [-0.25, -0.2) is 4.79 Å². The van der Waals surface area contributed by atoms with Gasteiger partial charge in [-0.05, 0) is 39.5 Å². The molecular weight excluding hydrogens is 610 g/mol. The highest BCUT2D eigenvalue weighted by Gasteiger charge is 2.21. The Bertz CT molecular complexity index is 908. The summed E-state index contributed by atoms with van der Waals surface area (Å²) in [6.45, 7) is 4.37. The zero-order chi connectivity index (χ0) is 34.6. The van der Waals surface area contributed by atoms with E-state index in [9.17, 15) is 33.9 Å². The van der Waals surface area contributed by atoms with E-state index < -0.39 is 24.5 Å². The Morgan fingerprint density at radius 1 is 0.652 bits per heavy atom. The van der Waals surface area contributed by atoms with E-state index in [4.69, 9.17) is 29.8 Å². The molecule has 0 aliphatic rings. The normalized spacial score (nSPS) is 12.9. The van der Waals surface area contributed by atoms with Crippen molar-refractivity contribution in [2.45, 2.75) is 76.9 Å². The van der Waals surface area contributed by atoms with Crippen LogP contribution in [0.25, 0.3) is 0 Å². The summed E-state index contributed by atoms with van der Waals surface area (Å²) in [5, 5.41) is 28.5. The molecule has 0 aromatic rings. The predicted molar refractivity (Wildman–Crippen MR) is 165 cm³/mol. The molecule has 0 unspecified atom stereocenters. The number of carbonyl (C=O) groups is 6. The Kier molecular flexibility index (Phi) is 26.1. The largest absolute Gasteiger partial charge is 0.480 e. The average Bonchev–Trinajstić information content (AvgIpc) is 2.99. The van der Waals surface area contributed by atoms with Gasteiger partial charge in [0.05, 0.1) is 39.6 Å². The monoisotopic (exact) mass is 663 g/mol. The van der Waals surface area contributed by atoms with Gasteiger partial charge in [-0.1, -0.05) is 0 Å². The molecule has 0 aliphatic carbocycles. The van der Waals surface area contributed by atoms with Crippen LogP contribution in [-0.2, 0) is 47.7 Å². The number of Topliss-reactive ketones (excluding diaryl/α,β-unsaturated/α-hetero) is 1. The second kappa shape index (κ2) is 28.0. The van der Waals surface area contributed by atoms with Crippen LogP contribution < -0.4 is 27.0 Å². The Morgan fingerprint density at radius 2 is 1.20 bits per heavy atom. The Morgan fingerprint density at radius 3 is 1.76 bits per heavy atom. The maximum absolute atomic E-state index is 12.0. The maximum atomic E-state index is 12.0. The molecule has 17 heteroatoms. The lowest BCUT2D eigenvalue weighted by molar-refractivity contribution is -0.143. The van der Waals surface area contributed by atoms with Gasteiger partial charge in [0.2, 0.25) is 23.6 Å². The zero-order valence-electron chi connectivity index (χ0n) is 27.0. The maximum Gasteiger partial charge on any atom is 0.326 e. The van der Waals surface area contributed by atoms with Crippen molar-refractivity contribution in [3.8, 4) is 0 Å². The topological polar surface area (TPSA) is 254 Å². The van der Waals surface area contributed by atoms with Gasteiger partial charge in [-0.2, -0.15) is 0 Å². The summed E-state index contributed by atoms with van der Waals surface area (Å²) >= 11 is 0. The third-order valence-corrected chi connectivity index (χ3v) is 6.22. The first-order valence-electron chi connectivity index (χ1n) is 15.5. The highest BCUT2D eigenvalue weighted by atomic mass is 16.5. The molecule has 0 spiro atoms. The number of carbonyl (C=O) groups excluding carboxylic acids is 5. The Balaban J connectivity index is 3.74. The van der Waals surface area contributed by atoms with E-state index in [-0.39, 0.29) is 108 Å². The number of aliphatic carboxylic acids is 1. The summed E-state index contributed by atoms with van der Waals surface area (Å²) in [4.78, 5) is 70.0. The van der Waals surface area contributed by atoms with E-state index in [0.29, 0.717) is 38.8 Å². The lowest BCUT2D eigenvalue weighted by Crippen LogP contribution is -2.43. The number of aliphatic hydroxyl groups excluding tert-OH is 1. The summed E-state index contributed by atoms with van der Waals surface area (Å²) < 4.78 is 21.0. The molecular formula is C29H53N5O12. The molecule has 8 N–H and O–H groups in total. The van der Waals surface area contributed by atoms with Gasteiger partial charge in [0, 0.05) is 51.0 Å². The molecule has 0 aromatic carbocycles. The molecule has 0 saturated carbocycles. The Hall–Kier alpha value is -3.22. The standard InChI is InChI=1S/C29H53N5O12/c1-21(3-4-22(2)36)33-26(38)8-6-24(29(41)42)34-28(40)20-46-18-16-44-14-11-32-27(39)19-45-17-15-43-13-10-31-25(37)7-5-23(30)9-12-35/h21,23-24,35H,3-20,30H2,1-2H3,(H,31,37)(H,32,39)(H,33,38)(H,34,40)(H,41,42)/t21-,23+,24+/m1/s1. The number of hydrogen-bond donors (Lipinski definition) is 7. The van der Waals surface area contributed by atoms with Crippen molar-refractivity contribution in [1.29, 1.82) is 0 Å². The van der Waals surface area contributed by atoms with E-state index in [1.807, 2.05) is 0 Å². The van der Waals surface area contributed by atoms with Gasteiger partial charge in [-0.15, -0.1) is 0 Å². The Labute approximate surface area is 270 Å². The van der Waals surface area contributed by atoms with E-state index in [0.717, 1.165) is 0 Å². The molecule has 46 heavy (non-hydrogen) atoms. The van der Waals surface area contributed by atoms with Crippen LogP contribution in [0.2, 0.25) is 0 Å². The van der Waals surface area contributed by atoms with Crippen molar-refractivity contribution in [3.05, 3.63) is 0 Å². The third-order valence-electron chi connectivity index (χ3n) is 6.22. The highest BCUT2D eigenvalue weighted by molar-refractivity contribution is 5.85. The number of rotatable bonds is 30. The van der Waals surface area contributed by atoms with Crippen LogP contribution in [0, 0.1) is 0 Å². The van der Waals surface area contributed by atoms with Gasteiger partial charge < -0.3 is 61.0 Å². The molecule has 266 valence electrons. The summed E-state index contributed by atoms with van der Waals surface area (Å²) in [5.41, 5.74) is 5.73. The molecule has 17 nitrogen and oxygen atoms in total. The number of amides is 4. The first-order chi connectivity index (χ1) is 21.9. The van der Waals surface area contributed by atoms with Gasteiger partial charge in [0.25, 0.3) is 0 Å². The molecule has 0 rings (SSSR count). The van der Waals surface area contributed by atoms with Crippen LogP contribution in [0.3, 0.4) is 0 Å². The lowest BCUT2D eigenvalue weighted by atomic mass is 10.1. The van der Waals surface area contributed by atoms with Crippen LogP contribution >= 0.6 is 0 Å². The van der Waals surface area contributed by atoms with Crippen LogP contribution in [-0.4, -0.2) is 136 Å². The molecule has 0 bridgehead atoms. The van der Waals surface area contributed by atoms with Crippen LogP contribution in [0.4, 0.5) is 0 Å².